The van der Waals surface area contributed by atoms with E-state index in [1.54, 1.807) is 12.1 Å². The summed E-state index contributed by atoms with van der Waals surface area (Å²) in [7, 11) is 1.92. The van der Waals surface area contributed by atoms with Crippen molar-refractivity contribution in [3.8, 4) is 5.75 Å². The molecule has 3 heteroatoms. The van der Waals surface area contributed by atoms with Gasteiger partial charge in [0.05, 0.1) is 6.04 Å². The second-order valence-corrected chi connectivity index (χ2v) is 4.90. The van der Waals surface area contributed by atoms with E-state index in [9.17, 15) is 5.11 Å². The second-order valence-electron chi connectivity index (χ2n) is 4.90. The molecular formula is C17H17NO2. The van der Waals surface area contributed by atoms with Crippen molar-refractivity contribution in [2.24, 2.45) is 0 Å². The molecule has 3 nitrogen and oxygen atoms in total. The molecule has 1 aromatic heterocycles. The molecule has 0 radical (unpaired) electrons. The van der Waals surface area contributed by atoms with Gasteiger partial charge in [-0.25, -0.2) is 0 Å². The Kier molecular flexibility index (Phi) is 3.44. The Bertz CT molecular complexity index is 685. The molecule has 2 N–H and O–H groups in total. The lowest BCUT2D eigenvalue weighted by atomic mass is 10.0. The number of benzene rings is 2. The highest BCUT2D eigenvalue weighted by Gasteiger charge is 2.15. The van der Waals surface area contributed by atoms with Crippen molar-refractivity contribution in [3.05, 3.63) is 65.9 Å². The van der Waals surface area contributed by atoms with Gasteiger partial charge in [-0.15, -0.1) is 0 Å². The summed E-state index contributed by atoms with van der Waals surface area (Å²) >= 11 is 0. The minimum Gasteiger partial charge on any atom is -0.508 e. The van der Waals surface area contributed by atoms with Crippen molar-refractivity contribution in [3.63, 3.8) is 0 Å². The van der Waals surface area contributed by atoms with Gasteiger partial charge in [-0.2, -0.15) is 0 Å². The van der Waals surface area contributed by atoms with Crippen molar-refractivity contribution >= 4 is 11.0 Å². The summed E-state index contributed by atoms with van der Waals surface area (Å²) in [6.07, 6.45) is 0.769. The van der Waals surface area contributed by atoms with Crippen LogP contribution in [0.2, 0.25) is 0 Å². The number of fused-ring (bicyclic) bond motifs is 1. The molecule has 1 atom stereocenters. The number of likely N-dealkylation sites (N-methyl/N-ethyl adjacent to an activating group) is 1. The quantitative estimate of drug-likeness (QED) is 0.758. The van der Waals surface area contributed by atoms with E-state index >= 15 is 0 Å². The van der Waals surface area contributed by atoms with Gasteiger partial charge >= 0.3 is 0 Å². The molecule has 1 heterocycles. The van der Waals surface area contributed by atoms with Gasteiger partial charge in [0, 0.05) is 5.39 Å². The summed E-state index contributed by atoms with van der Waals surface area (Å²) in [5, 5.41) is 13.9. The molecule has 20 heavy (non-hydrogen) atoms. The zero-order valence-electron chi connectivity index (χ0n) is 11.3. The maximum Gasteiger partial charge on any atom is 0.134 e. The summed E-state index contributed by atoms with van der Waals surface area (Å²) in [6, 6.07) is 17.5. The third-order valence-corrected chi connectivity index (χ3v) is 3.49. The molecule has 0 saturated carbocycles. The number of phenols is 1. The maximum absolute atomic E-state index is 9.54. The van der Waals surface area contributed by atoms with E-state index in [0.717, 1.165) is 28.7 Å². The van der Waals surface area contributed by atoms with Crippen LogP contribution < -0.4 is 5.32 Å². The van der Waals surface area contributed by atoms with Gasteiger partial charge in [-0.1, -0.05) is 30.3 Å². The number of para-hydroxylation sites is 1. The summed E-state index contributed by atoms with van der Waals surface area (Å²) < 4.78 is 5.90. The molecule has 3 aromatic rings. The number of nitrogens with one attached hydrogen (secondary N) is 1. The third kappa shape index (κ3) is 2.53. The maximum atomic E-state index is 9.54. The second kappa shape index (κ2) is 5.39. The molecule has 0 aliphatic heterocycles. The van der Waals surface area contributed by atoms with Crippen LogP contribution in [-0.2, 0) is 6.42 Å². The van der Waals surface area contributed by atoms with Gasteiger partial charge in [0.25, 0.3) is 0 Å². The van der Waals surface area contributed by atoms with Crippen LogP contribution in [0, 0.1) is 0 Å². The van der Waals surface area contributed by atoms with Crippen molar-refractivity contribution in [2.75, 3.05) is 7.05 Å². The summed E-state index contributed by atoms with van der Waals surface area (Å²) in [5.74, 6) is 1.21. The van der Waals surface area contributed by atoms with Crippen LogP contribution in [0.3, 0.4) is 0 Å². The average Bonchev–Trinajstić information content (AvgIpc) is 2.88. The number of hydrogen-bond acceptors (Lipinski definition) is 3. The average molecular weight is 267 g/mol. The van der Waals surface area contributed by atoms with Crippen molar-refractivity contribution < 1.29 is 9.52 Å². The molecule has 0 aliphatic rings. The Hall–Kier alpha value is -2.26. The van der Waals surface area contributed by atoms with E-state index in [1.165, 1.54) is 0 Å². The highest BCUT2D eigenvalue weighted by atomic mass is 16.3. The smallest absolute Gasteiger partial charge is 0.134 e. The first-order valence-electron chi connectivity index (χ1n) is 6.70. The van der Waals surface area contributed by atoms with Crippen LogP contribution in [0.1, 0.15) is 17.4 Å². The van der Waals surface area contributed by atoms with Crippen molar-refractivity contribution in [1.82, 2.24) is 5.32 Å². The Morgan fingerprint density at radius 2 is 1.95 bits per heavy atom. The van der Waals surface area contributed by atoms with E-state index < -0.39 is 0 Å². The number of rotatable bonds is 4. The molecule has 0 bridgehead atoms. The van der Waals surface area contributed by atoms with Crippen LogP contribution in [0.15, 0.2) is 59.0 Å². The van der Waals surface area contributed by atoms with Crippen molar-refractivity contribution in [2.45, 2.75) is 12.5 Å². The van der Waals surface area contributed by atoms with Crippen LogP contribution in [0.5, 0.6) is 5.75 Å². The van der Waals surface area contributed by atoms with E-state index in [1.807, 2.05) is 43.4 Å². The van der Waals surface area contributed by atoms with E-state index in [0.29, 0.717) is 5.75 Å². The highest BCUT2D eigenvalue weighted by molar-refractivity contribution is 5.77. The first kappa shape index (κ1) is 12.8. The van der Waals surface area contributed by atoms with E-state index in [4.69, 9.17) is 4.42 Å². The largest absolute Gasteiger partial charge is 0.508 e. The van der Waals surface area contributed by atoms with Crippen molar-refractivity contribution in [1.29, 1.82) is 0 Å². The number of furan rings is 1. The fourth-order valence-electron chi connectivity index (χ4n) is 2.44. The van der Waals surface area contributed by atoms with Gasteiger partial charge in [0.1, 0.15) is 17.1 Å². The molecular weight excluding hydrogens is 250 g/mol. The predicted molar refractivity (Wildman–Crippen MR) is 79.8 cm³/mol. The topological polar surface area (TPSA) is 45.4 Å². The van der Waals surface area contributed by atoms with E-state index in [2.05, 4.69) is 11.4 Å². The van der Waals surface area contributed by atoms with E-state index in [-0.39, 0.29) is 6.04 Å². The Morgan fingerprint density at radius 1 is 1.10 bits per heavy atom. The fraction of sp³-hybridized carbons (Fsp3) is 0.176. The van der Waals surface area contributed by atoms with Gasteiger partial charge in [-0.3, -0.25) is 0 Å². The first-order valence-corrected chi connectivity index (χ1v) is 6.70. The molecule has 3 rings (SSSR count). The number of aromatic hydroxyl groups is 1. The number of hydrogen-bond donors (Lipinski definition) is 2. The lowest BCUT2D eigenvalue weighted by molar-refractivity contribution is 0.448. The number of phenolic OH excluding ortho intramolecular Hbond substituents is 1. The normalized spacial score (nSPS) is 12.7. The molecule has 2 aromatic carbocycles. The summed E-state index contributed by atoms with van der Waals surface area (Å²) in [4.78, 5) is 0. The van der Waals surface area contributed by atoms with Crippen LogP contribution in [-0.4, -0.2) is 12.2 Å². The molecule has 1 unspecified atom stereocenters. The zero-order valence-corrected chi connectivity index (χ0v) is 11.3. The lowest BCUT2D eigenvalue weighted by Crippen LogP contribution is -2.18. The Morgan fingerprint density at radius 3 is 2.70 bits per heavy atom. The minimum atomic E-state index is 0.0872. The SMILES string of the molecule is CNC(Cc1cccc(O)c1)c1cc2ccccc2o1. The molecule has 0 spiro atoms. The monoisotopic (exact) mass is 267 g/mol. The predicted octanol–water partition coefficient (Wildman–Crippen LogP) is 3.64. The van der Waals surface area contributed by atoms with Crippen LogP contribution in [0.4, 0.5) is 0 Å². The third-order valence-electron chi connectivity index (χ3n) is 3.49. The molecule has 0 aliphatic carbocycles. The molecule has 0 fully saturated rings. The van der Waals surface area contributed by atoms with Gasteiger partial charge in [0.15, 0.2) is 0 Å². The fourth-order valence-corrected chi connectivity index (χ4v) is 2.44. The first-order chi connectivity index (χ1) is 9.76. The Balaban J connectivity index is 1.89. The lowest BCUT2D eigenvalue weighted by Gasteiger charge is -2.13. The van der Waals surface area contributed by atoms with Gasteiger partial charge < -0.3 is 14.8 Å². The van der Waals surface area contributed by atoms with Gasteiger partial charge in [-0.05, 0) is 43.3 Å². The Labute approximate surface area is 117 Å². The summed E-state index contributed by atoms with van der Waals surface area (Å²) in [6.45, 7) is 0. The van der Waals surface area contributed by atoms with Gasteiger partial charge in [0.2, 0.25) is 0 Å². The zero-order chi connectivity index (χ0) is 13.9. The van der Waals surface area contributed by atoms with Crippen LogP contribution >= 0.6 is 0 Å². The standard InChI is InChI=1S/C17H17NO2/c1-18-15(10-12-5-4-7-14(19)9-12)17-11-13-6-2-3-8-16(13)20-17/h2-9,11,15,18-19H,10H2,1H3. The molecule has 0 saturated heterocycles. The molecule has 102 valence electrons. The minimum absolute atomic E-state index is 0.0872. The molecule has 0 amide bonds. The van der Waals surface area contributed by atoms with Crippen LogP contribution in [0.25, 0.3) is 11.0 Å². The highest BCUT2D eigenvalue weighted by Crippen LogP contribution is 2.26. The summed E-state index contributed by atoms with van der Waals surface area (Å²) in [5.41, 5.74) is 1.98.